The van der Waals surface area contributed by atoms with Gasteiger partial charge in [0.15, 0.2) is 0 Å². The van der Waals surface area contributed by atoms with Crippen molar-refractivity contribution in [3.63, 3.8) is 0 Å². The molecule has 238 valence electrons. The van der Waals surface area contributed by atoms with E-state index in [1.807, 2.05) is 36.4 Å². The zero-order chi connectivity index (χ0) is 32.5. The monoisotopic (exact) mass is 606 g/mol. The van der Waals surface area contributed by atoms with E-state index in [9.17, 15) is 24.3 Å². The number of carbonyl (C=O) groups is 4. The number of hydrogen-bond donors (Lipinski definition) is 2. The molecule has 2 aromatic carbocycles. The number of esters is 2. The SMILES string of the molecule is C=CC[C@@H](CC(=O)N(CCO)Cc1ccccc1)C(=O)NC[C@@H](OC(=O)[C@@H](CC=C)CC(=O)OC(C)(C)C)c1ccccc1. The first-order chi connectivity index (χ1) is 21.0. The molecule has 0 spiro atoms. The van der Waals surface area contributed by atoms with Crippen LogP contribution in [0.4, 0.5) is 0 Å². The minimum Gasteiger partial charge on any atom is -0.460 e. The lowest BCUT2D eigenvalue weighted by molar-refractivity contribution is -0.164. The van der Waals surface area contributed by atoms with Crippen LogP contribution in [0, 0.1) is 11.8 Å². The first kappa shape index (κ1) is 36.0. The standard InChI is InChI=1S/C35H46N2O7/c1-6-14-28(22-31(39)37(20-21-38)25-26-16-10-8-11-17-26)33(41)36-24-30(27-18-12-9-13-19-27)43-34(42)29(15-7-2)23-32(40)44-35(3,4)5/h6-13,16-19,28-30,38H,1-2,14-15,20-25H2,3-5H3,(H,36,41)/t28-,29-,30+/m0/s1. The zero-order valence-electron chi connectivity index (χ0n) is 26.1. The molecule has 2 N–H and O–H groups in total. The smallest absolute Gasteiger partial charge is 0.310 e. The molecule has 0 fully saturated rings. The second kappa shape index (κ2) is 18.4. The summed E-state index contributed by atoms with van der Waals surface area (Å²) in [6.07, 6.45) is 2.49. The minimum absolute atomic E-state index is 0.0476. The lowest BCUT2D eigenvalue weighted by Gasteiger charge is -2.26. The number of aliphatic hydroxyl groups excluding tert-OH is 1. The highest BCUT2D eigenvalue weighted by molar-refractivity contribution is 5.86. The number of carbonyl (C=O) groups excluding carboxylic acids is 4. The highest BCUT2D eigenvalue weighted by atomic mass is 16.6. The Morgan fingerprint density at radius 3 is 2.07 bits per heavy atom. The van der Waals surface area contributed by atoms with Gasteiger partial charge in [0, 0.05) is 19.5 Å². The van der Waals surface area contributed by atoms with Gasteiger partial charge in [0.2, 0.25) is 11.8 Å². The maximum atomic E-state index is 13.3. The Kier molecular flexibility index (Phi) is 15.1. The molecule has 0 aliphatic carbocycles. The number of ether oxygens (including phenoxy) is 2. The molecule has 3 atom stereocenters. The van der Waals surface area contributed by atoms with Crippen LogP contribution in [0.2, 0.25) is 0 Å². The van der Waals surface area contributed by atoms with Crippen LogP contribution in [0.1, 0.15) is 63.7 Å². The molecule has 44 heavy (non-hydrogen) atoms. The average Bonchev–Trinajstić information content (AvgIpc) is 2.98. The summed E-state index contributed by atoms with van der Waals surface area (Å²) in [5, 5.41) is 12.4. The van der Waals surface area contributed by atoms with Gasteiger partial charge in [-0.2, -0.15) is 0 Å². The second-order valence-corrected chi connectivity index (χ2v) is 11.5. The van der Waals surface area contributed by atoms with Gasteiger partial charge in [0.1, 0.15) is 11.7 Å². The maximum Gasteiger partial charge on any atom is 0.310 e. The zero-order valence-corrected chi connectivity index (χ0v) is 26.1. The molecule has 0 heterocycles. The van der Waals surface area contributed by atoms with Crippen LogP contribution < -0.4 is 5.32 Å². The molecule has 2 rings (SSSR count). The van der Waals surface area contributed by atoms with Crippen molar-refractivity contribution in [1.82, 2.24) is 10.2 Å². The number of nitrogens with zero attached hydrogens (tertiary/aromatic N) is 1. The Bertz CT molecular complexity index is 1220. The van der Waals surface area contributed by atoms with Crippen molar-refractivity contribution >= 4 is 23.8 Å². The van der Waals surface area contributed by atoms with Gasteiger partial charge in [-0.25, -0.2) is 0 Å². The highest BCUT2D eigenvalue weighted by Crippen LogP contribution is 2.23. The van der Waals surface area contributed by atoms with Crippen LogP contribution in [-0.4, -0.2) is 59.1 Å². The van der Waals surface area contributed by atoms with Crippen molar-refractivity contribution in [2.45, 2.75) is 64.7 Å². The van der Waals surface area contributed by atoms with E-state index in [0.717, 1.165) is 5.56 Å². The Balaban J connectivity index is 2.14. The Labute approximate surface area is 260 Å². The van der Waals surface area contributed by atoms with Crippen molar-refractivity contribution in [2.24, 2.45) is 11.8 Å². The lowest BCUT2D eigenvalue weighted by atomic mass is 9.98. The molecule has 0 aliphatic heterocycles. The van der Waals surface area contributed by atoms with E-state index in [4.69, 9.17) is 9.47 Å². The molecule has 9 heteroatoms. The molecular formula is C35H46N2O7. The summed E-state index contributed by atoms with van der Waals surface area (Å²) in [7, 11) is 0. The van der Waals surface area contributed by atoms with Crippen LogP contribution in [-0.2, 0) is 35.2 Å². The predicted molar refractivity (Wildman–Crippen MR) is 169 cm³/mol. The summed E-state index contributed by atoms with van der Waals surface area (Å²) in [4.78, 5) is 53.8. The Hall–Kier alpha value is -4.24. The molecule has 0 aromatic heterocycles. The molecule has 0 bridgehead atoms. The van der Waals surface area contributed by atoms with Crippen LogP contribution in [0.5, 0.6) is 0 Å². The third kappa shape index (κ3) is 13.0. The summed E-state index contributed by atoms with van der Waals surface area (Å²) in [5.74, 6) is -3.33. The van der Waals surface area contributed by atoms with Gasteiger partial charge in [0.25, 0.3) is 0 Å². The van der Waals surface area contributed by atoms with Gasteiger partial charge < -0.3 is 24.8 Å². The van der Waals surface area contributed by atoms with E-state index in [-0.39, 0.29) is 51.3 Å². The highest BCUT2D eigenvalue weighted by Gasteiger charge is 2.30. The molecule has 9 nitrogen and oxygen atoms in total. The molecular weight excluding hydrogens is 560 g/mol. The van der Waals surface area contributed by atoms with Crippen LogP contribution in [0.25, 0.3) is 0 Å². The fraction of sp³-hybridized carbons (Fsp3) is 0.429. The van der Waals surface area contributed by atoms with Crippen LogP contribution >= 0.6 is 0 Å². The predicted octanol–water partition coefficient (Wildman–Crippen LogP) is 4.91. The number of nitrogens with one attached hydrogen (secondary N) is 1. The van der Waals surface area contributed by atoms with Crippen molar-refractivity contribution in [3.8, 4) is 0 Å². The molecule has 0 unspecified atom stereocenters. The van der Waals surface area contributed by atoms with Gasteiger partial charge in [-0.05, 0) is 44.7 Å². The van der Waals surface area contributed by atoms with Crippen molar-refractivity contribution in [1.29, 1.82) is 0 Å². The van der Waals surface area contributed by atoms with E-state index >= 15 is 0 Å². The number of rotatable bonds is 18. The normalized spacial score (nSPS) is 13.1. The quantitative estimate of drug-likeness (QED) is 0.183. The Morgan fingerprint density at radius 1 is 0.909 bits per heavy atom. The summed E-state index contributed by atoms with van der Waals surface area (Å²) >= 11 is 0. The summed E-state index contributed by atoms with van der Waals surface area (Å²) in [6, 6.07) is 18.4. The molecule has 0 aliphatic rings. The van der Waals surface area contributed by atoms with E-state index in [2.05, 4.69) is 18.5 Å². The Morgan fingerprint density at radius 2 is 1.50 bits per heavy atom. The number of allylic oxidation sites excluding steroid dienone is 2. The van der Waals surface area contributed by atoms with E-state index in [0.29, 0.717) is 12.1 Å². The maximum absolute atomic E-state index is 13.3. The van der Waals surface area contributed by atoms with Gasteiger partial charge in [-0.15, -0.1) is 13.2 Å². The van der Waals surface area contributed by atoms with E-state index in [1.165, 1.54) is 4.90 Å². The third-order valence-electron chi connectivity index (χ3n) is 6.69. The fourth-order valence-corrected chi connectivity index (χ4v) is 4.56. The average molecular weight is 607 g/mol. The summed E-state index contributed by atoms with van der Waals surface area (Å²) < 4.78 is 11.2. The van der Waals surface area contributed by atoms with E-state index in [1.54, 1.807) is 57.2 Å². The minimum atomic E-state index is -0.845. The molecule has 2 amide bonds. The molecule has 0 radical (unpaired) electrons. The van der Waals surface area contributed by atoms with Crippen LogP contribution in [0.15, 0.2) is 86.0 Å². The number of hydrogen-bond acceptors (Lipinski definition) is 7. The van der Waals surface area contributed by atoms with Gasteiger partial charge in [-0.3, -0.25) is 19.2 Å². The van der Waals surface area contributed by atoms with E-state index < -0.39 is 41.4 Å². The van der Waals surface area contributed by atoms with Crippen LogP contribution in [0.3, 0.4) is 0 Å². The second-order valence-electron chi connectivity index (χ2n) is 11.5. The van der Waals surface area contributed by atoms with Gasteiger partial charge in [-0.1, -0.05) is 72.8 Å². The molecule has 0 saturated carbocycles. The topological polar surface area (TPSA) is 122 Å². The van der Waals surface area contributed by atoms with Crippen molar-refractivity contribution in [2.75, 3.05) is 19.7 Å². The molecule has 2 aromatic rings. The molecule has 0 saturated heterocycles. The summed E-state index contributed by atoms with van der Waals surface area (Å²) in [5.41, 5.74) is 0.869. The first-order valence-electron chi connectivity index (χ1n) is 14.9. The lowest BCUT2D eigenvalue weighted by Crippen LogP contribution is -2.39. The number of benzene rings is 2. The van der Waals surface area contributed by atoms with Gasteiger partial charge in [0.05, 0.1) is 31.4 Å². The van der Waals surface area contributed by atoms with Crippen molar-refractivity contribution < 1.29 is 33.8 Å². The third-order valence-corrected chi connectivity index (χ3v) is 6.69. The number of amides is 2. The largest absolute Gasteiger partial charge is 0.460 e. The summed E-state index contributed by atoms with van der Waals surface area (Å²) in [6.45, 7) is 12.9. The number of aliphatic hydroxyl groups is 1. The first-order valence-corrected chi connectivity index (χ1v) is 14.9. The fourth-order valence-electron chi connectivity index (χ4n) is 4.56. The van der Waals surface area contributed by atoms with Gasteiger partial charge >= 0.3 is 11.9 Å². The van der Waals surface area contributed by atoms with Crippen molar-refractivity contribution in [3.05, 3.63) is 97.1 Å².